The second-order valence-electron chi connectivity index (χ2n) is 5.01. The van der Waals surface area contributed by atoms with Crippen molar-refractivity contribution < 1.29 is 13.2 Å². The van der Waals surface area contributed by atoms with Crippen molar-refractivity contribution >= 4 is 10.0 Å². The lowest BCUT2D eigenvalue weighted by Crippen LogP contribution is -2.35. The van der Waals surface area contributed by atoms with Gasteiger partial charge in [0.1, 0.15) is 0 Å². The summed E-state index contributed by atoms with van der Waals surface area (Å²) in [7, 11) is -3.45. The van der Waals surface area contributed by atoms with Gasteiger partial charge in [-0.1, -0.05) is 19.1 Å². The number of rotatable bonds is 7. The van der Waals surface area contributed by atoms with Gasteiger partial charge in [0.15, 0.2) is 0 Å². The van der Waals surface area contributed by atoms with E-state index in [1.165, 1.54) is 0 Å². The second kappa shape index (κ2) is 7.17. The van der Waals surface area contributed by atoms with Crippen LogP contribution < -0.4 is 10.0 Å². The maximum atomic E-state index is 12.3. The zero-order valence-corrected chi connectivity index (χ0v) is 12.6. The van der Waals surface area contributed by atoms with Gasteiger partial charge in [0.25, 0.3) is 0 Å². The Bertz CT molecular complexity index is 525. The number of benzene rings is 1. The fourth-order valence-electron chi connectivity index (χ4n) is 2.15. The van der Waals surface area contributed by atoms with Crippen LogP contribution >= 0.6 is 0 Å². The molecule has 1 saturated heterocycles. The molecule has 6 heteroatoms. The van der Waals surface area contributed by atoms with Crippen LogP contribution in [0.3, 0.4) is 0 Å². The monoisotopic (exact) mass is 298 g/mol. The highest BCUT2D eigenvalue weighted by Gasteiger charge is 2.23. The van der Waals surface area contributed by atoms with E-state index in [9.17, 15) is 8.42 Å². The Morgan fingerprint density at radius 2 is 2.25 bits per heavy atom. The van der Waals surface area contributed by atoms with Gasteiger partial charge >= 0.3 is 0 Å². The average molecular weight is 298 g/mol. The van der Waals surface area contributed by atoms with Gasteiger partial charge in [0.2, 0.25) is 10.0 Å². The maximum absolute atomic E-state index is 12.3. The molecule has 0 radical (unpaired) electrons. The standard InChI is InChI=1S/C14H22N2O3S/c1-2-7-15-10-12-4-3-5-14(9-12)20(17,18)16-13-6-8-19-11-13/h3-5,9,13,15-16H,2,6-8,10-11H2,1H3. The molecule has 0 saturated carbocycles. The Morgan fingerprint density at radius 1 is 1.40 bits per heavy atom. The summed E-state index contributed by atoms with van der Waals surface area (Å²) in [6, 6.07) is 6.95. The van der Waals surface area contributed by atoms with Gasteiger partial charge in [-0.05, 0) is 37.1 Å². The SMILES string of the molecule is CCCNCc1cccc(S(=O)(=O)NC2CCOC2)c1. The summed E-state index contributed by atoms with van der Waals surface area (Å²) in [4.78, 5) is 0.320. The van der Waals surface area contributed by atoms with Crippen LogP contribution in [-0.4, -0.2) is 34.2 Å². The van der Waals surface area contributed by atoms with E-state index in [4.69, 9.17) is 4.74 Å². The maximum Gasteiger partial charge on any atom is 0.240 e. The highest BCUT2D eigenvalue weighted by atomic mass is 32.2. The molecule has 0 bridgehead atoms. The molecular weight excluding hydrogens is 276 g/mol. The lowest BCUT2D eigenvalue weighted by Gasteiger charge is -2.12. The van der Waals surface area contributed by atoms with E-state index < -0.39 is 10.0 Å². The number of hydrogen-bond acceptors (Lipinski definition) is 4. The van der Waals surface area contributed by atoms with Gasteiger partial charge in [-0.2, -0.15) is 0 Å². The van der Waals surface area contributed by atoms with Gasteiger partial charge in [-0.3, -0.25) is 0 Å². The van der Waals surface area contributed by atoms with Gasteiger partial charge in [-0.25, -0.2) is 13.1 Å². The molecule has 0 aromatic heterocycles. The van der Waals surface area contributed by atoms with E-state index in [0.29, 0.717) is 24.7 Å². The fraction of sp³-hybridized carbons (Fsp3) is 0.571. The Hall–Kier alpha value is -0.950. The van der Waals surface area contributed by atoms with Gasteiger partial charge < -0.3 is 10.1 Å². The first-order valence-electron chi connectivity index (χ1n) is 7.01. The molecule has 0 aliphatic carbocycles. The molecule has 1 fully saturated rings. The van der Waals surface area contributed by atoms with Crippen molar-refractivity contribution in [2.24, 2.45) is 0 Å². The summed E-state index contributed by atoms with van der Waals surface area (Å²) in [6.07, 6.45) is 1.79. The molecule has 1 aromatic rings. The van der Waals surface area contributed by atoms with E-state index in [2.05, 4.69) is 17.0 Å². The molecule has 20 heavy (non-hydrogen) atoms. The van der Waals surface area contributed by atoms with Crippen LogP contribution in [-0.2, 0) is 21.3 Å². The quantitative estimate of drug-likeness (QED) is 0.744. The Morgan fingerprint density at radius 3 is 2.95 bits per heavy atom. The lowest BCUT2D eigenvalue weighted by atomic mass is 10.2. The number of ether oxygens (including phenoxy) is 1. The molecule has 1 aromatic carbocycles. The smallest absolute Gasteiger partial charge is 0.240 e. The summed E-state index contributed by atoms with van der Waals surface area (Å²) < 4.78 is 32.5. The van der Waals surface area contributed by atoms with E-state index in [-0.39, 0.29) is 6.04 Å². The molecule has 0 amide bonds. The highest BCUT2D eigenvalue weighted by molar-refractivity contribution is 7.89. The largest absolute Gasteiger partial charge is 0.380 e. The zero-order valence-electron chi connectivity index (χ0n) is 11.8. The Labute approximate surface area is 120 Å². The van der Waals surface area contributed by atoms with E-state index in [1.54, 1.807) is 18.2 Å². The van der Waals surface area contributed by atoms with E-state index in [1.807, 2.05) is 6.07 Å². The molecule has 112 valence electrons. The van der Waals surface area contributed by atoms with Crippen molar-refractivity contribution in [2.75, 3.05) is 19.8 Å². The number of nitrogens with one attached hydrogen (secondary N) is 2. The third-order valence-electron chi connectivity index (χ3n) is 3.22. The van der Waals surface area contributed by atoms with Gasteiger partial charge in [0, 0.05) is 19.2 Å². The predicted octanol–water partition coefficient (Wildman–Crippen LogP) is 1.25. The van der Waals surface area contributed by atoms with Crippen LogP contribution in [0.5, 0.6) is 0 Å². The summed E-state index contributed by atoms with van der Waals surface area (Å²) >= 11 is 0. The normalized spacial score (nSPS) is 19.4. The first kappa shape index (κ1) is 15.4. The number of hydrogen-bond donors (Lipinski definition) is 2. The summed E-state index contributed by atoms with van der Waals surface area (Å²) in [5, 5.41) is 3.27. The summed E-state index contributed by atoms with van der Waals surface area (Å²) in [6.45, 7) is 4.78. The van der Waals surface area contributed by atoms with Crippen LogP contribution in [0, 0.1) is 0 Å². The fourth-order valence-corrected chi connectivity index (χ4v) is 3.47. The van der Waals surface area contributed by atoms with Gasteiger partial charge in [0.05, 0.1) is 11.5 Å². The minimum atomic E-state index is -3.45. The van der Waals surface area contributed by atoms with E-state index >= 15 is 0 Å². The molecule has 1 aliphatic heterocycles. The van der Waals surface area contributed by atoms with E-state index in [0.717, 1.165) is 24.9 Å². The third kappa shape index (κ3) is 4.28. The van der Waals surface area contributed by atoms with Crippen molar-refractivity contribution in [1.29, 1.82) is 0 Å². The molecule has 0 spiro atoms. The summed E-state index contributed by atoms with van der Waals surface area (Å²) in [5.41, 5.74) is 0.976. The Balaban J connectivity index is 2.04. The topological polar surface area (TPSA) is 67.4 Å². The van der Waals surface area contributed by atoms with Crippen LogP contribution in [0.1, 0.15) is 25.3 Å². The highest BCUT2D eigenvalue weighted by Crippen LogP contribution is 2.14. The molecule has 1 atom stereocenters. The summed E-state index contributed by atoms with van der Waals surface area (Å²) in [5.74, 6) is 0. The van der Waals surface area contributed by atoms with Crippen molar-refractivity contribution in [3.05, 3.63) is 29.8 Å². The minimum absolute atomic E-state index is 0.109. The second-order valence-corrected chi connectivity index (χ2v) is 6.72. The molecule has 1 aliphatic rings. The first-order valence-corrected chi connectivity index (χ1v) is 8.50. The zero-order chi connectivity index (χ0) is 14.4. The lowest BCUT2D eigenvalue weighted by molar-refractivity contribution is 0.192. The van der Waals surface area contributed by atoms with Crippen LogP contribution in [0.15, 0.2) is 29.2 Å². The number of sulfonamides is 1. The van der Waals surface area contributed by atoms with Crippen molar-refractivity contribution in [3.63, 3.8) is 0 Å². The van der Waals surface area contributed by atoms with Crippen LogP contribution in [0.4, 0.5) is 0 Å². The molecule has 1 unspecified atom stereocenters. The van der Waals surface area contributed by atoms with Gasteiger partial charge in [-0.15, -0.1) is 0 Å². The molecule has 1 heterocycles. The Kier molecular flexibility index (Phi) is 5.54. The van der Waals surface area contributed by atoms with Crippen LogP contribution in [0.25, 0.3) is 0 Å². The molecule has 5 nitrogen and oxygen atoms in total. The van der Waals surface area contributed by atoms with Crippen molar-refractivity contribution in [2.45, 2.75) is 37.2 Å². The molecular formula is C14H22N2O3S. The van der Waals surface area contributed by atoms with Crippen molar-refractivity contribution in [3.8, 4) is 0 Å². The van der Waals surface area contributed by atoms with Crippen LogP contribution in [0.2, 0.25) is 0 Å². The molecule has 2 N–H and O–H groups in total. The first-order chi connectivity index (χ1) is 9.62. The van der Waals surface area contributed by atoms with Crippen molar-refractivity contribution in [1.82, 2.24) is 10.0 Å². The average Bonchev–Trinajstić information content (AvgIpc) is 2.92. The molecule has 2 rings (SSSR count). The third-order valence-corrected chi connectivity index (χ3v) is 4.73. The minimum Gasteiger partial charge on any atom is -0.380 e. The predicted molar refractivity (Wildman–Crippen MR) is 78.0 cm³/mol.